The lowest BCUT2D eigenvalue weighted by Gasteiger charge is -2.27. The molecule has 0 N–H and O–H groups in total. The number of aryl methyl sites for hydroxylation is 2. The predicted octanol–water partition coefficient (Wildman–Crippen LogP) is 3.36. The third-order valence-corrected chi connectivity index (χ3v) is 5.18. The van der Waals surface area contributed by atoms with Crippen molar-refractivity contribution in [2.45, 2.75) is 46.6 Å². The molecule has 142 valence electrons. The first-order chi connectivity index (χ1) is 12.9. The van der Waals surface area contributed by atoms with Gasteiger partial charge in [0.2, 0.25) is 5.91 Å². The van der Waals surface area contributed by atoms with Crippen LogP contribution in [0, 0.1) is 11.3 Å². The first-order valence-corrected chi connectivity index (χ1v) is 9.44. The molecule has 2 aliphatic rings. The fraction of sp³-hybridized carbons (Fsp3) is 0.409. The second-order valence-corrected chi connectivity index (χ2v) is 7.16. The Labute approximate surface area is 159 Å². The summed E-state index contributed by atoms with van der Waals surface area (Å²) in [5.74, 6) is -2.46. The number of hydrogen-bond acceptors (Lipinski definition) is 4. The zero-order valence-corrected chi connectivity index (χ0v) is 16.2. The molecule has 0 spiro atoms. The van der Waals surface area contributed by atoms with Crippen molar-refractivity contribution < 1.29 is 19.1 Å². The van der Waals surface area contributed by atoms with Gasteiger partial charge in [0.1, 0.15) is 0 Å². The molecule has 2 amide bonds. The molecule has 3 rings (SSSR count). The molecule has 1 aliphatic heterocycles. The highest BCUT2D eigenvalue weighted by atomic mass is 16.5. The smallest absolute Gasteiger partial charge is 0.327 e. The van der Waals surface area contributed by atoms with E-state index in [1.54, 1.807) is 32.1 Å². The Bertz CT molecular complexity index is 830. The van der Waals surface area contributed by atoms with E-state index in [0.717, 1.165) is 11.1 Å². The second kappa shape index (κ2) is 7.14. The zero-order chi connectivity index (χ0) is 19.8. The molecular formula is C22H25NO4. The molecular weight excluding hydrogens is 342 g/mol. The van der Waals surface area contributed by atoms with Gasteiger partial charge in [-0.1, -0.05) is 56.4 Å². The van der Waals surface area contributed by atoms with Gasteiger partial charge in [0.25, 0.3) is 5.91 Å². The summed E-state index contributed by atoms with van der Waals surface area (Å²) in [6.07, 6.45) is 7.47. The Morgan fingerprint density at radius 3 is 2.33 bits per heavy atom. The summed E-state index contributed by atoms with van der Waals surface area (Å²) in [6, 6.07) is 5.77. The third kappa shape index (κ3) is 2.82. The minimum absolute atomic E-state index is 0.377. The van der Waals surface area contributed by atoms with Gasteiger partial charge >= 0.3 is 5.97 Å². The number of anilines is 1. The maximum absolute atomic E-state index is 13.6. The minimum atomic E-state index is -1.62. The Kier molecular flexibility index (Phi) is 5.05. The van der Waals surface area contributed by atoms with Crippen molar-refractivity contribution >= 4 is 23.5 Å². The van der Waals surface area contributed by atoms with Gasteiger partial charge in [-0.25, -0.2) is 4.90 Å². The summed E-state index contributed by atoms with van der Waals surface area (Å²) in [4.78, 5) is 41.0. The van der Waals surface area contributed by atoms with Crippen LogP contribution in [0.25, 0.3) is 0 Å². The molecule has 0 aromatic heterocycles. The molecule has 1 aromatic carbocycles. The van der Waals surface area contributed by atoms with Crippen molar-refractivity contribution in [1.29, 1.82) is 0 Å². The number of carbonyl (C=O) groups is 3. The van der Waals surface area contributed by atoms with Crippen molar-refractivity contribution in [3.8, 4) is 0 Å². The Hall–Kier alpha value is -2.69. The number of allylic oxidation sites excluding steroid dienone is 2. The summed E-state index contributed by atoms with van der Waals surface area (Å²) in [5.41, 5.74) is 0.817. The van der Waals surface area contributed by atoms with Crippen LogP contribution >= 0.6 is 0 Å². The van der Waals surface area contributed by atoms with Crippen LogP contribution in [-0.2, 0) is 32.0 Å². The first-order valence-electron chi connectivity index (χ1n) is 9.44. The molecule has 2 unspecified atom stereocenters. The molecule has 5 nitrogen and oxygen atoms in total. The van der Waals surface area contributed by atoms with Gasteiger partial charge in [-0.05, 0) is 37.8 Å². The third-order valence-electron chi connectivity index (χ3n) is 5.18. The average Bonchev–Trinajstić information content (AvgIpc) is 2.89. The standard InChI is InChI=1S/C22H25NO4/c1-5-15-10-9-11-16(6-2)18(15)23-19(24)17-12-7-8-13-22(17,20(23)25)21(26)27-14(3)4/h7-14,17H,5-6H2,1-4H3. The summed E-state index contributed by atoms with van der Waals surface area (Å²) in [5, 5.41) is 0. The summed E-state index contributed by atoms with van der Waals surface area (Å²) >= 11 is 0. The van der Waals surface area contributed by atoms with Crippen LogP contribution in [0.3, 0.4) is 0 Å². The maximum Gasteiger partial charge on any atom is 0.327 e. The maximum atomic E-state index is 13.6. The largest absolute Gasteiger partial charge is 0.462 e. The molecule has 2 atom stereocenters. The number of amides is 2. The lowest BCUT2D eigenvalue weighted by atomic mass is 9.74. The second-order valence-electron chi connectivity index (χ2n) is 7.16. The van der Waals surface area contributed by atoms with Crippen molar-refractivity contribution in [2.24, 2.45) is 11.3 Å². The SMILES string of the molecule is CCc1cccc(CC)c1N1C(=O)C2C=CC=CC2(C(=O)OC(C)C)C1=O. The van der Waals surface area contributed by atoms with E-state index in [1.165, 1.54) is 11.0 Å². The molecule has 0 radical (unpaired) electrons. The van der Waals surface area contributed by atoms with Crippen LogP contribution in [0.5, 0.6) is 0 Å². The van der Waals surface area contributed by atoms with E-state index in [2.05, 4.69) is 0 Å². The van der Waals surface area contributed by atoms with E-state index in [0.29, 0.717) is 18.5 Å². The fourth-order valence-corrected chi connectivity index (χ4v) is 3.85. The highest BCUT2D eigenvalue weighted by molar-refractivity contribution is 6.31. The van der Waals surface area contributed by atoms with E-state index in [1.807, 2.05) is 32.0 Å². The number of para-hydroxylation sites is 1. The van der Waals surface area contributed by atoms with Gasteiger partial charge in [0.15, 0.2) is 5.41 Å². The highest BCUT2D eigenvalue weighted by Gasteiger charge is 2.64. The molecule has 1 heterocycles. The summed E-state index contributed by atoms with van der Waals surface area (Å²) < 4.78 is 5.39. The molecule has 5 heteroatoms. The van der Waals surface area contributed by atoms with Crippen molar-refractivity contribution in [3.63, 3.8) is 0 Å². The Balaban J connectivity index is 2.18. The number of fused-ring (bicyclic) bond motifs is 1. The van der Waals surface area contributed by atoms with Gasteiger partial charge in [-0.2, -0.15) is 0 Å². The highest BCUT2D eigenvalue weighted by Crippen LogP contribution is 2.47. The monoisotopic (exact) mass is 367 g/mol. The average molecular weight is 367 g/mol. The predicted molar refractivity (Wildman–Crippen MR) is 103 cm³/mol. The number of hydrogen-bond donors (Lipinski definition) is 0. The van der Waals surface area contributed by atoms with E-state index in [9.17, 15) is 14.4 Å². The lowest BCUT2D eigenvalue weighted by Crippen LogP contribution is -2.44. The number of benzene rings is 1. The zero-order valence-electron chi connectivity index (χ0n) is 16.2. The van der Waals surface area contributed by atoms with Crippen molar-refractivity contribution in [3.05, 3.63) is 53.6 Å². The van der Waals surface area contributed by atoms with Crippen molar-refractivity contribution in [2.75, 3.05) is 4.90 Å². The Morgan fingerprint density at radius 1 is 1.15 bits per heavy atom. The first kappa shape index (κ1) is 19.1. The summed E-state index contributed by atoms with van der Waals surface area (Å²) in [6.45, 7) is 7.43. The minimum Gasteiger partial charge on any atom is -0.462 e. The van der Waals surface area contributed by atoms with Crippen LogP contribution < -0.4 is 4.90 Å². The number of imide groups is 1. The summed E-state index contributed by atoms with van der Waals surface area (Å²) in [7, 11) is 0. The molecule has 0 saturated carbocycles. The van der Waals surface area contributed by atoms with E-state index >= 15 is 0 Å². The van der Waals surface area contributed by atoms with Gasteiger partial charge in [0, 0.05) is 0 Å². The quantitative estimate of drug-likeness (QED) is 0.455. The van der Waals surface area contributed by atoms with Crippen LogP contribution in [0.2, 0.25) is 0 Å². The molecule has 1 aromatic rings. The van der Waals surface area contributed by atoms with Gasteiger partial charge in [0.05, 0.1) is 17.7 Å². The number of esters is 1. The van der Waals surface area contributed by atoms with Gasteiger partial charge in [-0.3, -0.25) is 14.4 Å². The number of carbonyl (C=O) groups excluding carboxylic acids is 3. The molecule has 0 bridgehead atoms. The van der Waals surface area contributed by atoms with Crippen molar-refractivity contribution in [1.82, 2.24) is 0 Å². The topological polar surface area (TPSA) is 63.7 Å². The van der Waals surface area contributed by atoms with Crippen LogP contribution in [0.4, 0.5) is 5.69 Å². The number of rotatable bonds is 5. The lowest BCUT2D eigenvalue weighted by molar-refractivity contribution is -0.161. The van der Waals surface area contributed by atoms with Gasteiger partial charge in [-0.15, -0.1) is 0 Å². The van der Waals surface area contributed by atoms with E-state index in [-0.39, 0.29) is 12.0 Å². The number of ether oxygens (including phenoxy) is 1. The molecule has 27 heavy (non-hydrogen) atoms. The Morgan fingerprint density at radius 2 is 1.78 bits per heavy atom. The van der Waals surface area contributed by atoms with Crippen LogP contribution in [0.1, 0.15) is 38.8 Å². The fourth-order valence-electron chi connectivity index (χ4n) is 3.85. The van der Waals surface area contributed by atoms with E-state index < -0.39 is 23.2 Å². The number of nitrogens with zero attached hydrogens (tertiary/aromatic N) is 1. The van der Waals surface area contributed by atoms with Crippen LogP contribution in [0.15, 0.2) is 42.5 Å². The van der Waals surface area contributed by atoms with E-state index in [4.69, 9.17) is 4.74 Å². The molecule has 1 aliphatic carbocycles. The molecule has 1 fully saturated rings. The van der Waals surface area contributed by atoms with Gasteiger partial charge < -0.3 is 4.74 Å². The van der Waals surface area contributed by atoms with Crippen LogP contribution in [-0.4, -0.2) is 23.9 Å². The normalized spacial score (nSPS) is 23.9. The molecule has 1 saturated heterocycles.